The Morgan fingerprint density at radius 1 is 1.24 bits per heavy atom. The highest BCUT2D eigenvalue weighted by molar-refractivity contribution is 7.16. The standard InChI is InChI=1S/C19H24N3OS.ClH/c1-19(2)15-11-13(23-6)7-9-16(15)22(5)17(19)10-8-14-12-20-18(24-14)21(3)4;/h7-12H,1-6H3;1H/q+1;/p-1. The molecule has 0 spiro atoms. The molecule has 1 aliphatic heterocycles. The summed E-state index contributed by atoms with van der Waals surface area (Å²) in [7, 11) is 7.86. The molecular formula is C19H24ClN3OS. The molecule has 134 valence electrons. The van der Waals surface area contributed by atoms with Gasteiger partial charge in [-0.2, -0.15) is 4.58 Å². The van der Waals surface area contributed by atoms with Gasteiger partial charge in [0.15, 0.2) is 10.8 Å². The fourth-order valence-electron chi connectivity index (χ4n) is 3.16. The van der Waals surface area contributed by atoms with Gasteiger partial charge in [0.1, 0.15) is 12.8 Å². The van der Waals surface area contributed by atoms with E-state index in [-0.39, 0.29) is 17.8 Å². The van der Waals surface area contributed by atoms with Crippen LogP contribution in [0.25, 0.3) is 6.08 Å². The van der Waals surface area contributed by atoms with Crippen LogP contribution in [0.3, 0.4) is 0 Å². The zero-order valence-corrected chi connectivity index (χ0v) is 17.1. The van der Waals surface area contributed by atoms with E-state index in [1.807, 2.05) is 31.3 Å². The molecule has 1 aromatic heterocycles. The van der Waals surface area contributed by atoms with Crippen molar-refractivity contribution in [2.24, 2.45) is 0 Å². The molecule has 0 amide bonds. The quantitative estimate of drug-likeness (QED) is 0.742. The molecule has 0 fully saturated rings. The van der Waals surface area contributed by atoms with E-state index in [2.05, 4.69) is 54.7 Å². The molecule has 1 aliphatic rings. The van der Waals surface area contributed by atoms with Gasteiger partial charge in [-0.3, -0.25) is 0 Å². The summed E-state index contributed by atoms with van der Waals surface area (Å²) >= 11 is 1.69. The molecule has 0 saturated carbocycles. The highest BCUT2D eigenvalue weighted by Gasteiger charge is 2.43. The molecule has 0 radical (unpaired) electrons. The lowest BCUT2D eigenvalue weighted by Gasteiger charge is -2.15. The maximum atomic E-state index is 5.40. The third kappa shape index (κ3) is 3.44. The van der Waals surface area contributed by atoms with Gasteiger partial charge in [-0.1, -0.05) is 11.3 Å². The number of benzene rings is 1. The van der Waals surface area contributed by atoms with Crippen LogP contribution in [0.2, 0.25) is 0 Å². The summed E-state index contributed by atoms with van der Waals surface area (Å²) in [4.78, 5) is 7.62. The van der Waals surface area contributed by atoms with Crippen molar-refractivity contribution in [3.05, 3.63) is 40.9 Å². The molecule has 0 bridgehead atoms. The smallest absolute Gasteiger partial charge is 0.209 e. The number of anilines is 1. The molecule has 25 heavy (non-hydrogen) atoms. The molecule has 4 nitrogen and oxygen atoms in total. The summed E-state index contributed by atoms with van der Waals surface area (Å²) in [5.74, 6) is 0.901. The Morgan fingerprint density at radius 3 is 2.56 bits per heavy atom. The van der Waals surface area contributed by atoms with Gasteiger partial charge in [0.05, 0.1) is 12.5 Å². The summed E-state index contributed by atoms with van der Waals surface area (Å²) in [6.07, 6.45) is 6.29. The number of hydrogen-bond donors (Lipinski definition) is 0. The lowest BCUT2D eigenvalue weighted by atomic mass is 9.81. The minimum atomic E-state index is -0.0653. The number of allylic oxidation sites excluding steroid dienone is 1. The van der Waals surface area contributed by atoms with E-state index in [1.165, 1.54) is 17.0 Å². The maximum absolute atomic E-state index is 5.40. The molecule has 3 rings (SSSR count). The first-order chi connectivity index (χ1) is 11.3. The first-order valence-electron chi connectivity index (χ1n) is 7.95. The molecule has 0 unspecified atom stereocenters. The molecule has 1 aromatic carbocycles. The van der Waals surface area contributed by atoms with E-state index in [4.69, 9.17) is 4.74 Å². The van der Waals surface area contributed by atoms with Crippen LogP contribution in [0.1, 0.15) is 24.3 Å². The molecular weight excluding hydrogens is 354 g/mol. The van der Waals surface area contributed by atoms with Crippen molar-refractivity contribution in [2.45, 2.75) is 19.3 Å². The van der Waals surface area contributed by atoms with Gasteiger partial charge in [-0.15, -0.1) is 0 Å². The lowest BCUT2D eigenvalue weighted by molar-refractivity contribution is -0.401. The summed E-state index contributed by atoms with van der Waals surface area (Å²) in [6.45, 7) is 4.51. The summed E-state index contributed by atoms with van der Waals surface area (Å²) in [6, 6.07) is 6.29. The number of fused-ring (bicyclic) bond motifs is 1. The number of nitrogens with zero attached hydrogens (tertiary/aromatic N) is 3. The van der Waals surface area contributed by atoms with Crippen molar-refractivity contribution in [2.75, 3.05) is 33.2 Å². The van der Waals surface area contributed by atoms with Crippen molar-refractivity contribution in [3.8, 4) is 5.75 Å². The summed E-state index contributed by atoms with van der Waals surface area (Å²) < 4.78 is 7.66. The van der Waals surface area contributed by atoms with Gasteiger partial charge in [-0.05, 0) is 32.1 Å². The predicted molar refractivity (Wildman–Crippen MR) is 102 cm³/mol. The van der Waals surface area contributed by atoms with Gasteiger partial charge in [0.25, 0.3) is 0 Å². The second-order valence-electron chi connectivity index (χ2n) is 6.73. The Kier molecular flexibility index (Phi) is 5.59. The second kappa shape index (κ2) is 7.18. The van der Waals surface area contributed by atoms with E-state index in [1.54, 1.807) is 18.4 Å². The fraction of sp³-hybridized carbons (Fsp3) is 0.368. The highest BCUT2D eigenvalue weighted by atomic mass is 35.5. The number of methoxy groups -OCH3 is 1. The Hall–Kier alpha value is -1.85. The first kappa shape index (κ1) is 19.5. The van der Waals surface area contributed by atoms with E-state index in [0.717, 1.165) is 15.8 Å². The van der Waals surface area contributed by atoms with Crippen LogP contribution in [0.4, 0.5) is 10.8 Å². The minimum absolute atomic E-state index is 0. The van der Waals surface area contributed by atoms with Gasteiger partial charge in [0.2, 0.25) is 5.69 Å². The van der Waals surface area contributed by atoms with Gasteiger partial charge in [0, 0.05) is 42.9 Å². The second-order valence-corrected chi connectivity index (χ2v) is 7.77. The largest absolute Gasteiger partial charge is 1.00 e. The average molecular weight is 378 g/mol. The Labute approximate surface area is 159 Å². The SMILES string of the molecule is COc1ccc2c(c1)C(C)(C)C(C=Cc1cnc(N(C)C)s1)=[N+]2C.[Cl-]. The predicted octanol–water partition coefficient (Wildman–Crippen LogP) is 0.941. The van der Waals surface area contributed by atoms with Crippen LogP contribution in [0.5, 0.6) is 5.75 Å². The number of halogens is 1. The van der Waals surface area contributed by atoms with E-state index >= 15 is 0 Å². The van der Waals surface area contributed by atoms with E-state index in [0.29, 0.717) is 0 Å². The lowest BCUT2D eigenvalue weighted by Crippen LogP contribution is -3.00. The third-order valence-electron chi connectivity index (χ3n) is 4.54. The van der Waals surface area contributed by atoms with Crippen molar-refractivity contribution >= 4 is 33.9 Å². The number of hydrogen-bond acceptors (Lipinski definition) is 4. The Balaban J connectivity index is 0.00000225. The monoisotopic (exact) mass is 377 g/mol. The average Bonchev–Trinajstić information content (AvgIpc) is 3.09. The van der Waals surface area contributed by atoms with Crippen LogP contribution >= 0.6 is 11.3 Å². The van der Waals surface area contributed by atoms with Crippen LogP contribution in [-0.4, -0.2) is 43.5 Å². The van der Waals surface area contributed by atoms with Crippen LogP contribution in [0, 0.1) is 0 Å². The van der Waals surface area contributed by atoms with Gasteiger partial charge < -0.3 is 22.0 Å². The van der Waals surface area contributed by atoms with Crippen LogP contribution in [0.15, 0.2) is 30.5 Å². The number of aromatic nitrogens is 1. The maximum Gasteiger partial charge on any atom is 0.209 e. The number of rotatable bonds is 4. The number of ether oxygens (including phenoxy) is 1. The van der Waals surface area contributed by atoms with Gasteiger partial charge in [-0.25, -0.2) is 4.98 Å². The zero-order valence-electron chi connectivity index (χ0n) is 15.5. The Morgan fingerprint density at radius 2 is 1.96 bits per heavy atom. The molecule has 2 heterocycles. The van der Waals surface area contributed by atoms with Gasteiger partial charge >= 0.3 is 0 Å². The molecule has 0 saturated heterocycles. The van der Waals surface area contributed by atoms with Crippen LogP contribution in [-0.2, 0) is 5.41 Å². The Bertz CT molecular complexity index is 837. The normalized spacial score (nSPS) is 15.3. The molecule has 6 heteroatoms. The molecule has 0 N–H and O–H groups in total. The molecule has 0 aliphatic carbocycles. The zero-order chi connectivity index (χ0) is 17.5. The van der Waals surface area contributed by atoms with E-state index in [9.17, 15) is 0 Å². The fourth-order valence-corrected chi connectivity index (χ4v) is 3.90. The van der Waals surface area contributed by atoms with E-state index < -0.39 is 0 Å². The molecule has 0 atom stereocenters. The molecule has 2 aromatic rings. The summed E-state index contributed by atoms with van der Waals surface area (Å²) in [5.41, 5.74) is 3.73. The van der Waals surface area contributed by atoms with Crippen molar-refractivity contribution in [1.29, 1.82) is 0 Å². The topological polar surface area (TPSA) is 28.4 Å². The first-order valence-corrected chi connectivity index (χ1v) is 8.77. The third-order valence-corrected chi connectivity index (χ3v) is 5.67. The summed E-state index contributed by atoms with van der Waals surface area (Å²) in [5, 5.41) is 1.02. The van der Waals surface area contributed by atoms with Crippen molar-refractivity contribution in [3.63, 3.8) is 0 Å². The van der Waals surface area contributed by atoms with Crippen molar-refractivity contribution in [1.82, 2.24) is 4.98 Å². The number of thiazole rings is 1. The van der Waals surface area contributed by atoms with Crippen LogP contribution < -0.4 is 22.0 Å². The van der Waals surface area contributed by atoms with Crippen molar-refractivity contribution < 1.29 is 21.7 Å². The minimum Gasteiger partial charge on any atom is -1.00 e. The highest BCUT2D eigenvalue weighted by Crippen LogP contribution is 2.41.